The van der Waals surface area contributed by atoms with Gasteiger partial charge in [-0.05, 0) is 42.7 Å². The highest BCUT2D eigenvalue weighted by molar-refractivity contribution is 5.27. The molecule has 1 aromatic carbocycles. The summed E-state index contributed by atoms with van der Waals surface area (Å²) in [5, 5.41) is 11.6. The second-order valence-electron chi connectivity index (χ2n) is 7.41. The zero-order valence-corrected chi connectivity index (χ0v) is 14.8. The SMILES string of the molecule is COc1ccc(CN2C[C@H]3CCC[C@H](C2)C3(O)c2ccccn2)cc1. The molecular formula is C21H26N2O2. The van der Waals surface area contributed by atoms with E-state index in [9.17, 15) is 5.11 Å². The fourth-order valence-corrected chi connectivity index (χ4v) is 4.68. The van der Waals surface area contributed by atoms with Crippen LogP contribution in [0.1, 0.15) is 30.5 Å². The second-order valence-corrected chi connectivity index (χ2v) is 7.41. The number of hydrogen-bond donors (Lipinski definition) is 1. The number of nitrogens with zero attached hydrogens (tertiary/aromatic N) is 2. The fraction of sp³-hybridized carbons (Fsp3) is 0.476. The number of piperidine rings is 1. The van der Waals surface area contributed by atoms with Crippen LogP contribution in [0.5, 0.6) is 5.75 Å². The third-order valence-corrected chi connectivity index (χ3v) is 5.95. The lowest BCUT2D eigenvalue weighted by Crippen LogP contribution is -2.58. The number of hydrogen-bond acceptors (Lipinski definition) is 4. The molecule has 1 aliphatic carbocycles. The largest absolute Gasteiger partial charge is 0.497 e. The van der Waals surface area contributed by atoms with Gasteiger partial charge in [0.1, 0.15) is 11.4 Å². The van der Waals surface area contributed by atoms with E-state index in [4.69, 9.17) is 4.74 Å². The smallest absolute Gasteiger partial charge is 0.118 e. The molecule has 4 heteroatoms. The summed E-state index contributed by atoms with van der Waals surface area (Å²) in [5.74, 6) is 1.41. The first-order chi connectivity index (χ1) is 12.2. The molecule has 2 bridgehead atoms. The van der Waals surface area contributed by atoms with Crippen molar-refractivity contribution in [2.75, 3.05) is 20.2 Å². The molecule has 0 radical (unpaired) electrons. The van der Waals surface area contributed by atoms with E-state index in [2.05, 4.69) is 22.0 Å². The van der Waals surface area contributed by atoms with E-state index in [-0.39, 0.29) is 11.8 Å². The van der Waals surface area contributed by atoms with Crippen LogP contribution >= 0.6 is 0 Å². The molecule has 0 unspecified atom stereocenters. The van der Waals surface area contributed by atoms with E-state index >= 15 is 0 Å². The molecule has 4 nitrogen and oxygen atoms in total. The van der Waals surface area contributed by atoms with Crippen molar-refractivity contribution in [1.82, 2.24) is 9.88 Å². The van der Waals surface area contributed by atoms with Crippen molar-refractivity contribution < 1.29 is 9.84 Å². The maximum Gasteiger partial charge on any atom is 0.118 e. The lowest BCUT2D eigenvalue weighted by atomic mass is 9.64. The van der Waals surface area contributed by atoms with Gasteiger partial charge in [-0.25, -0.2) is 0 Å². The number of fused-ring (bicyclic) bond motifs is 2. The number of likely N-dealkylation sites (tertiary alicyclic amines) is 1. The molecule has 2 aliphatic rings. The van der Waals surface area contributed by atoms with Crippen LogP contribution in [0.3, 0.4) is 0 Å². The Morgan fingerprint density at radius 2 is 1.84 bits per heavy atom. The average Bonchev–Trinajstić information content (AvgIpc) is 2.64. The van der Waals surface area contributed by atoms with E-state index in [1.807, 2.05) is 30.3 Å². The normalized spacial score (nSPS) is 29.4. The predicted octanol–water partition coefficient (Wildman–Crippen LogP) is 3.21. The molecule has 4 rings (SSSR count). The Bertz CT molecular complexity index is 688. The number of ether oxygens (including phenoxy) is 1. The molecule has 1 saturated heterocycles. The van der Waals surface area contributed by atoms with Gasteiger partial charge in [-0.3, -0.25) is 9.88 Å². The van der Waals surface area contributed by atoms with Crippen molar-refractivity contribution in [2.24, 2.45) is 11.8 Å². The Morgan fingerprint density at radius 1 is 1.12 bits per heavy atom. The molecule has 25 heavy (non-hydrogen) atoms. The summed E-state index contributed by atoms with van der Waals surface area (Å²) in [5.41, 5.74) is 1.38. The van der Waals surface area contributed by atoms with E-state index in [1.165, 1.54) is 12.0 Å². The van der Waals surface area contributed by atoms with Crippen LogP contribution in [0, 0.1) is 11.8 Å². The van der Waals surface area contributed by atoms with Crippen molar-refractivity contribution in [3.63, 3.8) is 0 Å². The maximum absolute atomic E-state index is 11.6. The highest BCUT2D eigenvalue weighted by atomic mass is 16.5. The lowest BCUT2D eigenvalue weighted by molar-refractivity contribution is -0.151. The van der Waals surface area contributed by atoms with Crippen molar-refractivity contribution in [1.29, 1.82) is 0 Å². The summed E-state index contributed by atoms with van der Waals surface area (Å²) >= 11 is 0. The minimum Gasteiger partial charge on any atom is -0.497 e. The highest BCUT2D eigenvalue weighted by Gasteiger charge is 2.52. The fourth-order valence-electron chi connectivity index (χ4n) is 4.68. The lowest BCUT2D eigenvalue weighted by Gasteiger charge is -2.52. The van der Waals surface area contributed by atoms with Crippen LogP contribution in [-0.2, 0) is 12.1 Å². The van der Waals surface area contributed by atoms with Gasteiger partial charge in [0.25, 0.3) is 0 Å². The quantitative estimate of drug-likeness (QED) is 0.930. The Balaban J connectivity index is 1.53. The minimum absolute atomic E-state index is 0.258. The van der Waals surface area contributed by atoms with Crippen LogP contribution < -0.4 is 4.74 Å². The third kappa shape index (κ3) is 3.05. The van der Waals surface area contributed by atoms with Gasteiger partial charge in [0.05, 0.1) is 12.8 Å². The molecular weight excluding hydrogens is 312 g/mol. The molecule has 1 saturated carbocycles. The van der Waals surface area contributed by atoms with Crippen LogP contribution in [-0.4, -0.2) is 35.2 Å². The Kier molecular flexibility index (Phi) is 4.48. The van der Waals surface area contributed by atoms with E-state index < -0.39 is 5.60 Å². The molecule has 2 atom stereocenters. The molecule has 1 aromatic heterocycles. The predicted molar refractivity (Wildman–Crippen MR) is 97.2 cm³/mol. The van der Waals surface area contributed by atoms with Crippen molar-refractivity contribution in [2.45, 2.75) is 31.4 Å². The molecule has 2 heterocycles. The summed E-state index contributed by atoms with van der Waals surface area (Å²) < 4.78 is 5.24. The number of benzene rings is 1. The molecule has 0 spiro atoms. The standard InChI is InChI=1S/C21H26N2O2/c1-25-19-10-8-16(9-11-19)13-23-14-17-5-4-6-18(15-23)21(17,24)20-7-2-3-12-22-20/h2-3,7-12,17-18,24H,4-6,13-15H2,1H3/t17-,18-/m1/s1. The first-order valence-electron chi connectivity index (χ1n) is 9.19. The third-order valence-electron chi connectivity index (χ3n) is 5.95. The van der Waals surface area contributed by atoms with Gasteiger partial charge in [-0.15, -0.1) is 0 Å². The summed E-state index contributed by atoms with van der Waals surface area (Å²) in [6, 6.07) is 14.2. The molecule has 2 aromatic rings. The molecule has 2 fully saturated rings. The Hall–Kier alpha value is -1.91. The van der Waals surface area contributed by atoms with Gasteiger partial charge >= 0.3 is 0 Å². The summed E-state index contributed by atoms with van der Waals surface area (Å²) in [4.78, 5) is 7.00. The van der Waals surface area contributed by atoms with Crippen LogP contribution in [0.25, 0.3) is 0 Å². The van der Waals surface area contributed by atoms with Crippen molar-refractivity contribution >= 4 is 0 Å². The first-order valence-corrected chi connectivity index (χ1v) is 9.19. The summed E-state index contributed by atoms with van der Waals surface area (Å²) in [6.45, 7) is 2.78. The van der Waals surface area contributed by atoms with E-state index in [0.717, 1.165) is 43.9 Å². The van der Waals surface area contributed by atoms with Gasteiger partial charge in [0, 0.05) is 37.7 Å². The Labute approximate surface area is 149 Å². The van der Waals surface area contributed by atoms with E-state index in [0.29, 0.717) is 0 Å². The van der Waals surface area contributed by atoms with Gasteiger partial charge in [-0.1, -0.05) is 24.6 Å². The number of aliphatic hydroxyl groups is 1. The van der Waals surface area contributed by atoms with Gasteiger partial charge < -0.3 is 9.84 Å². The second kappa shape index (κ2) is 6.77. The van der Waals surface area contributed by atoms with Crippen molar-refractivity contribution in [3.8, 4) is 5.75 Å². The number of methoxy groups -OCH3 is 1. The van der Waals surface area contributed by atoms with Gasteiger partial charge in [-0.2, -0.15) is 0 Å². The highest BCUT2D eigenvalue weighted by Crippen LogP contribution is 2.48. The monoisotopic (exact) mass is 338 g/mol. The molecule has 132 valence electrons. The van der Waals surface area contributed by atoms with Gasteiger partial charge in [0.2, 0.25) is 0 Å². The molecule has 1 aliphatic heterocycles. The first kappa shape index (κ1) is 16.6. The molecule has 0 amide bonds. The van der Waals surface area contributed by atoms with Crippen LogP contribution in [0.15, 0.2) is 48.7 Å². The van der Waals surface area contributed by atoms with Crippen molar-refractivity contribution in [3.05, 3.63) is 59.9 Å². The van der Waals surface area contributed by atoms with Gasteiger partial charge in [0.15, 0.2) is 0 Å². The van der Waals surface area contributed by atoms with Crippen LogP contribution in [0.4, 0.5) is 0 Å². The van der Waals surface area contributed by atoms with E-state index in [1.54, 1.807) is 13.3 Å². The van der Waals surface area contributed by atoms with Crippen LogP contribution in [0.2, 0.25) is 0 Å². The number of pyridine rings is 1. The topological polar surface area (TPSA) is 45.6 Å². The summed E-state index contributed by atoms with van der Waals surface area (Å²) in [6.07, 6.45) is 5.15. The Morgan fingerprint density at radius 3 is 2.44 bits per heavy atom. The zero-order valence-electron chi connectivity index (χ0n) is 14.8. The zero-order chi connectivity index (χ0) is 17.3. The average molecular weight is 338 g/mol. The number of aromatic nitrogens is 1. The minimum atomic E-state index is -0.768. The summed E-state index contributed by atoms with van der Waals surface area (Å²) in [7, 11) is 1.69. The number of rotatable bonds is 4. The molecule has 1 N–H and O–H groups in total. The maximum atomic E-state index is 11.6.